The molecular weight excluding hydrogens is 549 g/mol. The van der Waals surface area contributed by atoms with Crippen LogP contribution >= 0.6 is 11.6 Å². The maximum absolute atomic E-state index is 13.1. The Balaban J connectivity index is 1.38. The lowest BCUT2D eigenvalue weighted by molar-refractivity contribution is -0.141. The molecule has 2 aromatic carbocycles. The summed E-state index contributed by atoms with van der Waals surface area (Å²) in [5.74, 6) is -0.381. The monoisotopic (exact) mass is 570 g/mol. The van der Waals surface area contributed by atoms with Crippen molar-refractivity contribution in [2.75, 3.05) is 17.7 Å². The summed E-state index contributed by atoms with van der Waals surface area (Å²) in [6, 6.07) is 11.8. The average molecular weight is 571 g/mol. The van der Waals surface area contributed by atoms with Crippen LogP contribution in [-0.4, -0.2) is 44.5 Å². The third-order valence-corrected chi connectivity index (χ3v) is 6.71. The number of nitrogens with zero attached hydrogens (tertiary/aromatic N) is 3. The van der Waals surface area contributed by atoms with Crippen molar-refractivity contribution in [3.8, 4) is 11.4 Å². The molecule has 0 unspecified atom stereocenters. The van der Waals surface area contributed by atoms with Crippen molar-refractivity contribution in [3.63, 3.8) is 0 Å². The Morgan fingerprint density at radius 1 is 1.07 bits per heavy atom. The lowest BCUT2D eigenvalue weighted by atomic mass is 10.1. The van der Waals surface area contributed by atoms with E-state index in [-0.39, 0.29) is 28.5 Å². The lowest BCUT2D eigenvalue weighted by Gasteiger charge is -2.13. The first-order valence-corrected chi connectivity index (χ1v) is 12.5. The van der Waals surface area contributed by atoms with Gasteiger partial charge in [-0.3, -0.25) is 14.6 Å². The minimum atomic E-state index is -4.57. The molecule has 2 heterocycles. The van der Waals surface area contributed by atoms with Gasteiger partial charge in [0, 0.05) is 36.4 Å². The fraction of sp³-hybridized carbons (Fsp3) is 0.222. The minimum absolute atomic E-state index is 0.111. The van der Waals surface area contributed by atoms with E-state index in [1.165, 1.54) is 6.07 Å². The summed E-state index contributed by atoms with van der Waals surface area (Å²) in [6.45, 7) is 0.111. The Bertz CT molecular complexity index is 1620. The summed E-state index contributed by atoms with van der Waals surface area (Å²) in [5.41, 5.74) is -0.442. The third kappa shape index (κ3) is 5.68. The molecule has 0 aliphatic heterocycles. The van der Waals surface area contributed by atoms with Crippen LogP contribution in [0.4, 0.5) is 24.7 Å². The highest BCUT2D eigenvalue weighted by Crippen LogP contribution is 2.35. The highest BCUT2D eigenvalue weighted by molar-refractivity contribution is 6.34. The second-order valence-electron chi connectivity index (χ2n) is 9.29. The molecule has 0 spiro atoms. The van der Waals surface area contributed by atoms with Crippen molar-refractivity contribution in [2.45, 2.75) is 31.2 Å². The van der Waals surface area contributed by atoms with Crippen LogP contribution in [0.5, 0.6) is 0 Å². The smallest absolute Gasteiger partial charge is 0.380 e. The van der Waals surface area contributed by atoms with Crippen LogP contribution in [0.2, 0.25) is 5.02 Å². The van der Waals surface area contributed by atoms with Crippen LogP contribution in [0.3, 0.4) is 0 Å². The largest absolute Gasteiger partial charge is 0.433 e. The van der Waals surface area contributed by atoms with Crippen molar-refractivity contribution < 1.29 is 27.9 Å². The summed E-state index contributed by atoms with van der Waals surface area (Å²) >= 11 is 6.27. The summed E-state index contributed by atoms with van der Waals surface area (Å²) in [7, 11) is 1.65. The van der Waals surface area contributed by atoms with Gasteiger partial charge >= 0.3 is 6.18 Å². The predicted molar refractivity (Wildman–Crippen MR) is 143 cm³/mol. The Hall–Kier alpha value is -4.29. The van der Waals surface area contributed by atoms with Crippen LogP contribution in [-0.2, 0) is 17.5 Å². The van der Waals surface area contributed by atoms with Crippen LogP contribution in [0, 0.1) is 0 Å². The zero-order chi connectivity index (χ0) is 28.7. The van der Waals surface area contributed by atoms with E-state index in [0.717, 1.165) is 12.3 Å². The van der Waals surface area contributed by atoms with Crippen molar-refractivity contribution in [1.82, 2.24) is 20.3 Å². The summed E-state index contributed by atoms with van der Waals surface area (Å²) in [5, 5.41) is 19.1. The normalized spacial score (nSPS) is 14.1. The van der Waals surface area contributed by atoms with Crippen LogP contribution in [0.25, 0.3) is 22.3 Å². The molecule has 2 aromatic heterocycles. The zero-order valence-corrected chi connectivity index (χ0v) is 21.7. The molecule has 0 atom stereocenters. The molecule has 1 fully saturated rings. The molecule has 40 heavy (non-hydrogen) atoms. The van der Waals surface area contributed by atoms with E-state index in [0.29, 0.717) is 40.8 Å². The number of carbonyl (C=O) groups excluding carboxylic acids is 2. The molecule has 1 saturated carbocycles. The van der Waals surface area contributed by atoms with Crippen LogP contribution in [0.1, 0.15) is 34.5 Å². The van der Waals surface area contributed by atoms with Gasteiger partial charge in [0.05, 0.1) is 16.1 Å². The van der Waals surface area contributed by atoms with E-state index in [1.807, 2.05) is 0 Å². The summed E-state index contributed by atoms with van der Waals surface area (Å²) in [6.07, 6.45) is -2.68. The van der Waals surface area contributed by atoms with Gasteiger partial charge in [0.1, 0.15) is 17.1 Å². The Morgan fingerprint density at radius 3 is 2.50 bits per heavy atom. The SMILES string of the molecule is CNc1nc(-c2ccc(C(F)(F)F)nc2)nc2cc(NC(=O)c3cc(CNC(=O)C4(O)CC4)ccc3Cl)ccc12. The molecule has 4 aromatic rings. The number of alkyl halides is 3. The Labute approximate surface area is 230 Å². The van der Waals surface area contributed by atoms with Crippen molar-refractivity contribution in [3.05, 3.63) is 76.6 Å². The maximum Gasteiger partial charge on any atom is 0.433 e. The van der Waals surface area contributed by atoms with E-state index in [4.69, 9.17) is 11.6 Å². The maximum atomic E-state index is 13.1. The fourth-order valence-electron chi connectivity index (χ4n) is 3.97. The van der Waals surface area contributed by atoms with Gasteiger partial charge in [0.25, 0.3) is 11.8 Å². The zero-order valence-electron chi connectivity index (χ0n) is 20.9. The molecule has 4 N–H and O–H groups in total. The van der Waals surface area contributed by atoms with E-state index in [9.17, 15) is 27.9 Å². The third-order valence-electron chi connectivity index (χ3n) is 6.38. The van der Waals surface area contributed by atoms with Gasteiger partial charge in [0.2, 0.25) is 0 Å². The number of amides is 2. The van der Waals surface area contributed by atoms with Crippen LogP contribution in [0.15, 0.2) is 54.7 Å². The van der Waals surface area contributed by atoms with Gasteiger partial charge in [-0.15, -0.1) is 0 Å². The van der Waals surface area contributed by atoms with Gasteiger partial charge < -0.3 is 21.1 Å². The number of hydrogen-bond donors (Lipinski definition) is 4. The number of fused-ring (bicyclic) bond motifs is 1. The second-order valence-corrected chi connectivity index (χ2v) is 9.70. The highest BCUT2D eigenvalue weighted by Gasteiger charge is 2.47. The van der Waals surface area contributed by atoms with Gasteiger partial charge in [-0.1, -0.05) is 17.7 Å². The quantitative estimate of drug-likeness (QED) is 0.251. The number of aromatic nitrogens is 3. The molecule has 9 nitrogen and oxygen atoms in total. The molecule has 0 radical (unpaired) electrons. The second kappa shape index (κ2) is 10.4. The standard InChI is InChI=1S/C27H22ClF3N6O3/c1-32-23-17-5-4-16(11-20(17)36-22(37-23)15-3-7-21(33-13-15)27(29,30)31)35-24(38)18-10-14(2-6-19(18)28)12-34-25(39)26(40)8-9-26/h2-7,10-11,13,40H,8-9,12H2,1H3,(H,34,39)(H,35,38)(H,32,36,37). The molecule has 1 aliphatic rings. The number of halogens is 4. The van der Waals surface area contributed by atoms with Crippen LogP contribution < -0.4 is 16.0 Å². The number of rotatable bonds is 7. The van der Waals surface area contributed by atoms with E-state index >= 15 is 0 Å². The van der Waals surface area contributed by atoms with E-state index in [2.05, 4.69) is 30.9 Å². The van der Waals surface area contributed by atoms with Gasteiger partial charge in [-0.05, 0) is 60.9 Å². The number of nitrogens with one attached hydrogen (secondary N) is 3. The number of pyridine rings is 1. The molecule has 5 rings (SSSR count). The number of aliphatic hydroxyl groups is 1. The molecule has 2 amide bonds. The Kier molecular flexibility index (Phi) is 7.06. The topological polar surface area (TPSA) is 129 Å². The fourth-order valence-corrected chi connectivity index (χ4v) is 4.17. The molecule has 1 aliphatic carbocycles. The van der Waals surface area contributed by atoms with Crippen molar-refractivity contribution in [1.29, 1.82) is 0 Å². The van der Waals surface area contributed by atoms with Crippen molar-refractivity contribution >= 4 is 45.8 Å². The number of hydrogen-bond acceptors (Lipinski definition) is 7. The lowest BCUT2D eigenvalue weighted by Crippen LogP contribution is -2.35. The number of anilines is 2. The number of carbonyl (C=O) groups is 2. The molecular formula is C27H22ClF3N6O3. The Morgan fingerprint density at radius 2 is 1.85 bits per heavy atom. The predicted octanol–water partition coefficient (Wildman–Crippen LogP) is 4.80. The summed E-state index contributed by atoms with van der Waals surface area (Å²) in [4.78, 5) is 37.5. The highest BCUT2D eigenvalue weighted by atomic mass is 35.5. The minimum Gasteiger partial charge on any atom is -0.380 e. The van der Waals surface area contributed by atoms with Gasteiger partial charge in [0.15, 0.2) is 5.82 Å². The van der Waals surface area contributed by atoms with Gasteiger partial charge in [-0.25, -0.2) is 9.97 Å². The molecule has 206 valence electrons. The number of benzene rings is 2. The molecule has 0 bridgehead atoms. The van der Waals surface area contributed by atoms with Crippen molar-refractivity contribution in [2.24, 2.45) is 0 Å². The van der Waals surface area contributed by atoms with Gasteiger partial charge in [-0.2, -0.15) is 13.2 Å². The average Bonchev–Trinajstić information content (AvgIpc) is 3.69. The van der Waals surface area contributed by atoms with E-state index in [1.54, 1.807) is 43.4 Å². The summed E-state index contributed by atoms with van der Waals surface area (Å²) < 4.78 is 38.7. The first kappa shape index (κ1) is 27.3. The molecule has 0 saturated heterocycles. The first-order valence-electron chi connectivity index (χ1n) is 12.1. The molecule has 13 heteroatoms. The van der Waals surface area contributed by atoms with E-state index < -0.39 is 29.3 Å². The first-order chi connectivity index (χ1) is 19.0.